The third kappa shape index (κ3) is 13.2. The zero-order valence-corrected chi connectivity index (χ0v) is 38.3. The van der Waals surface area contributed by atoms with Crippen LogP contribution >= 0.6 is 0 Å². The normalized spacial score (nSPS) is 22.6. The molecule has 2 bridgehead atoms. The highest BCUT2D eigenvalue weighted by Gasteiger charge is 2.57. The first-order valence-corrected chi connectivity index (χ1v) is 23.1. The number of ether oxygens (including phenoxy) is 4. The number of aliphatic carboxylic acids is 1. The molecular weight excluding hydrogens is 859 g/mol. The molecular formula is C46H66N7O13+. The summed E-state index contributed by atoms with van der Waals surface area (Å²) in [5.41, 5.74) is 8.03. The van der Waals surface area contributed by atoms with Crippen molar-refractivity contribution in [1.29, 1.82) is 0 Å². The van der Waals surface area contributed by atoms with Gasteiger partial charge in [-0.05, 0) is 43.7 Å². The van der Waals surface area contributed by atoms with Gasteiger partial charge in [0.25, 0.3) is 11.8 Å². The lowest BCUT2D eigenvalue weighted by atomic mass is 9.78. The Morgan fingerprint density at radius 3 is 2.09 bits per heavy atom. The standard InChI is InChI=1S/C46H65N7O13/c1-28(2)40(50-37(55)12-19-63-21-23-65-24-22-64-20-16-52-42(57)32-26-33(32)43(52)58)34(54)25-30(5-4-13-48-46(47)62)41(56)49-31-8-6-29(7-9-31)27-53(3)17-14-51(15-18-53)44(59)38-35-10-11-36(66-35)39(38)45(60)61/h6-9,28,30,35-36,38-40H,4-5,10-27H2,1-3H3,(H5-,47,48,49,50,55,56,60,61,62)/p+1/t30-,35?,36?,38?,39?,40+/m1/s1. The molecule has 0 spiro atoms. The number of hydrogen-bond donors (Lipinski definition) is 5. The molecule has 5 aliphatic rings. The third-order valence-electron chi connectivity index (χ3n) is 13.2. The van der Waals surface area contributed by atoms with Crippen LogP contribution in [0.2, 0.25) is 0 Å². The first-order valence-electron chi connectivity index (χ1n) is 23.1. The van der Waals surface area contributed by atoms with Gasteiger partial charge in [0.05, 0.1) is 109 Å². The van der Waals surface area contributed by atoms with E-state index in [9.17, 15) is 43.5 Å². The fraction of sp³-hybridized carbons (Fsp3) is 0.652. The molecule has 6 N–H and O–H groups in total. The molecule has 6 atom stereocenters. The molecule has 6 rings (SSSR count). The summed E-state index contributed by atoms with van der Waals surface area (Å²) >= 11 is 0. The molecule has 0 saturated carbocycles. The van der Waals surface area contributed by atoms with Crippen LogP contribution in [-0.2, 0) is 59.1 Å². The van der Waals surface area contributed by atoms with Gasteiger partial charge in [0.2, 0.25) is 17.7 Å². The fourth-order valence-electron chi connectivity index (χ4n) is 9.37. The van der Waals surface area contributed by atoms with Crippen molar-refractivity contribution in [3.05, 3.63) is 41.0 Å². The Hall–Kier alpha value is -5.28. The Morgan fingerprint density at radius 2 is 1.48 bits per heavy atom. The van der Waals surface area contributed by atoms with Gasteiger partial charge in [0.1, 0.15) is 6.54 Å². The van der Waals surface area contributed by atoms with Crippen LogP contribution in [0.25, 0.3) is 0 Å². The van der Waals surface area contributed by atoms with Crippen LogP contribution in [0.5, 0.6) is 0 Å². The second-order valence-corrected chi connectivity index (χ2v) is 18.5. The van der Waals surface area contributed by atoms with Crippen molar-refractivity contribution < 1.29 is 66.9 Å². The summed E-state index contributed by atoms with van der Waals surface area (Å²) in [5, 5.41) is 18.1. The molecule has 20 heteroatoms. The van der Waals surface area contributed by atoms with E-state index in [1.54, 1.807) is 17.0 Å². The van der Waals surface area contributed by atoms with Crippen molar-refractivity contribution in [3.8, 4) is 0 Å². The molecule has 0 aromatic heterocycles. The fourth-order valence-corrected chi connectivity index (χ4v) is 9.37. The molecule has 362 valence electrons. The van der Waals surface area contributed by atoms with E-state index in [0.717, 1.165) is 5.56 Å². The van der Waals surface area contributed by atoms with Crippen LogP contribution in [0.3, 0.4) is 0 Å². The molecule has 0 radical (unpaired) electrons. The van der Waals surface area contributed by atoms with Crippen LogP contribution in [0, 0.1) is 23.7 Å². The number of piperazine rings is 1. The van der Waals surface area contributed by atoms with Crippen LogP contribution < -0.4 is 21.7 Å². The maximum Gasteiger partial charge on any atom is 0.312 e. The number of amides is 7. The number of hydrogen-bond acceptors (Lipinski definition) is 12. The van der Waals surface area contributed by atoms with Gasteiger partial charge < -0.3 is 55.1 Å². The van der Waals surface area contributed by atoms with Gasteiger partial charge in [-0.15, -0.1) is 0 Å². The maximum absolute atomic E-state index is 13.7. The largest absolute Gasteiger partial charge is 0.481 e. The minimum absolute atomic E-state index is 0.00659. The number of carboxylic acid groups (broad SMARTS) is 1. The van der Waals surface area contributed by atoms with Gasteiger partial charge >= 0.3 is 12.0 Å². The summed E-state index contributed by atoms with van der Waals surface area (Å²) in [5.74, 6) is -5.05. The lowest BCUT2D eigenvalue weighted by Gasteiger charge is -2.43. The van der Waals surface area contributed by atoms with E-state index in [4.69, 9.17) is 24.7 Å². The van der Waals surface area contributed by atoms with E-state index < -0.39 is 35.8 Å². The highest BCUT2D eigenvalue weighted by Crippen LogP contribution is 2.44. The number of nitrogens with one attached hydrogen (secondary N) is 3. The maximum atomic E-state index is 13.7. The number of likely N-dealkylation sites (tertiary alicyclic amines) is 1. The highest BCUT2D eigenvalue weighted by molar-refractivity contribution is 6.25. The number of nitrogens with zero attached hydrogens (tertiary/aromatic N) is 3. The van der Waals surface area contributed by atoms with E-state index in [-0.39, 0.29) is 125 Å². The molecule has 7 amide bonds. The zero-order valence-electron chi connectivity index (χ0n) is 38.3. The molecule has 4 unspecified atom stereocenters. The summed E-state index contributed by atoms with van der Waals surface area (Å²) in [6.45, 7) is 8.54. The number of ketones is 1. The van der Waals surface area contributed by atoms with Gasteiger partial charge in [0.15, 0.2) is 5.78 Å². The number of fused-ring (bicyclic) bond motifs is 2. The lowest BCUT2D eigenvalue weighted by Crippen LogP contribution is -2.59. The predicted molar refractivity (Wildman–Crippen MR) is 236 cm³/mol. The molecule has 4 heterocycles. The molecule has 4 aliphatic heterocycles. The summed E-state index contributed by atoms with van der Waals surface area (Å²) in [6.07, 6.45) is 1.70. The van der Waals surface area contributed by atoms with Crippen LogP contribution in [0.1, 0.15) is 64.4 Å². The van der Waals surface area contributed by atoms with Crippen molar-refractivity contribution in [1.82, 2.24) is 20.4 Å². The number of rotatable bonds is 27. The molecule has 3 saturated heterocycles. The second kappa shape index (κ2) is 23.0. The van der Waals surface area contributed by atoms with Gasteiger partial charge in [-0.25, -0.2) is 4.79 Å². The molecule has 20 nitrogen and oxygen atoms in total. The SMILES string of the molecule is CC(C)[C@H](NC(=O)CCOCCOCCOCCN1C(=O)C2=C(C2)C1=O)C(=O)C[C@@H](CCCNC(N)=O)C(=O)Nc1ccc(C[N+]2(C)CCN(C(=O)C3C4CCC(O4)C3C(=O)O)CC2)cc1. The molecule has 1 aromatic carbocycles. The number of likely N-dealkylation sites (N-methyl/N-ethyl adjacent to an activating group) is 1. The summed E-state index contributed by atoms with van der Waals surface area (Å²) in [6, 6.07) is 5.94. The first kappa shape index (κ1) is 50.1. The number of imide groups is 1. The second-order valence-electron chi connectivity index (χ2n) is 18.5. The van der Waals surface area contributed by atoms with Crippen molar-refractivity contribution in [3.63, 3.8) is 0 Å². The number of Topliss-reactive ketones (excluding diaryl/α,β-unsaturated/α-hetero) is 1. The Balaban J connectivity index is 0.899. The van der Waals surface area contributed by atoms with Crippen LogP contribution in [0.15, 0.2) is 35.4 Å². The van der Waals surface area contributed by atoms with Crippen molar-refractivity contribution in [2.75, 3.05) is 91.3 Å². The molecule has 3 fully saturated rings. The number of carbonyl (C=O) groups is 8. The quantitative estimate of drug-likeness (QED) is 0.0469. The van der Waals surface area contributed by atoms with Crippen molar-refractivity contribution in [2.45, 2.75) is 83.6 Å². The lowest BCUT2D eigenvalue weighted by molar-refractivity contribution is -0.926. The number of benzene rings is 1. The summed E-state index contributed by atoms with van der Waals surface area (Å²) in [7, 11) is 2.13. The average Bonchev–Trinajstić information content (AvgIpc) is 3.71. The van der Waals surface area contributed by atoms with E-state index in [0.29, 0.717) is 79.7 Å². The van der Waals surface area contributed by atoms with Gasteiger partial charge in [0, 0.05) is 54.1 Å². The molecule has 1 aromatic rings. The van der Waals surface area contributed by atoms with E-state index >= 15 is 0 Å². The summed E-state index contributed by atoms with van der Waals surface area (Å²) < 4.78 is 23.0. The number of urea groups is 1. The Bertz CT molecular complexity index is 1980. The number of anilines is 1. The number of nitrogens with two attached hydrogens (primary N) is 1. The number of carboxylic acids is 1. The summed E-state index contributed by atoms with van der Waals surface area (Å²) in [4.78, 5) is 104. The number of primary amides is 1. The zero-order chi connectivity index (χ0) is 47.5. The topological polar surface area (TPSA) is 262 Å². The molecule has 66 heavy (non-hydrogen) atoms. The number of quaternary nitrogens is 1. The highest BCUT2D eigenvalue weighted by atomic mass is 16.5. The van der Waals surface area contributed by atoms with Crippen molar-refractivity contribution in [2.24, 2.45) is 29.4 Å². The Labute approximate surface area is 384 Å². The van der Waals surface area contributed by atoms with E-state index in [1.165, 1.54) is 4.90 Å². The van der Waals surface area contributed by atoms with E-state index in [2.05, 4.69) is 23.0 Å². The van der Waals surface area contributed by atoms with Gasteiger partial charge in [-0.2, -0.15) is 0 Å². The van der Waals surface area contributed by atoms with Crippen molar-refractivity contribution >= 4 is 53.0 Å². The third-order valence-corrected chi connectivity index (χ3v) is 13.2. The predicted octanol–water partition coefficient (Wildman–Crippen LogP) is 0.966. The number of carbonyl (C=O) groups excluding carboxylic acids is 7. The monoisotopic (exact) mass is 924 g/mol. The average molecular weight is 925 g/mol. The first-order chi connectivity index (χ1) is 31.5. The Morgan fingerprint density at radius 1 is 0.879 bits per heavy atom. The minimum Gasteiger partial charge on any atom is -0.481 e. The van der Waals surface area contributed by atoms with E-state index in [1.807, 2.05) is 26.0 Å². The van der Waals surface area contributed by atoms with Gasteiger partial charge in [-0.3, -0.25) is 38.5 Å². The van der Waals surface area contributed by atoms with Crippen LogP contribution in [-0.4, -0.2) is 171 Å². The molecule has 1 aliphatic carbocycles. The Kier molecular flexibility index (Phi) is 17.4. The van der Waals surface area contributed by atoms with Crippen LogP contribution in [0.4, 0.5) is 10.5 Å². The smallest absolute Gasteiger partial charge is 0.312 e. The van der Waals surface area contributed by atoms with Gasteiger partial charge in [-0.1, -0.05) is 26.0 Å². The minimum atomic E-state index is -0.971. The number of piperidine rings is 1.